The van der Waals surface area contributed by atoms with Gasteiger partial charge in [-0.25, -0.2) is 9.18 Å². The number of carboxylic acids is 1. The number of hydrogen-bond acceptors (Lipinski definition) is 2. The fraction of sp³-hybridized carbons (Fsp3) is 0.0714. The van der Waals surface area contributed by atoms with Gasteiger partial charge in [-0.15, -0.1) is 0 Å². The first-order chi connectivity index (χ1) is 9.47. The molecule has 2 aromatic rings. The Balaban J connectivity index is 2.31. The Hall–Kier alpha value is -1.59. The van der Waals surface area contributed by atoms with E-state index in [9.17, 15) is 14.3 Å². The van der Waals surface area contributed by atoms with Gasteiger partial charge in [0.1, 0.15) is 5.82 Å². The average Bonchev–Trinajstić information content (AvgIpc) is 2.39. The molecule has 0 saturated carbocycles. The van der Waals surface area contributed by atoms with Crippen molar-refractivity contribution in [3.63, 3.8) is 0 Å². The van der Waals surface area contributed by atoms with E-state index < -0.39 is 17.8 Å². The highest BCUT2D eigenvalue weighted by atomic mass is 79.9. The zero-order chi connectivity index (χ0) is 14.7. The van der Waals surface area contributed by atoms with E-state index in [1.165, 1.54) is 18.2 Å². The normalized spacial score (nSPS) is 11.9. The molecule has 1 unspecified atom stereocenters. The second-order valence-electron chi connectivity index (χ2n) is 4.09. The minimum atomic E-state index is -1.06. The standard InChI is InChI=1S/C14H10BrClFNO2/c15-12-7-9(17)3-6-11(12)13(14(19)20)18-10-4-1-8(16)2-5-10/h1-7,13,18H,(H,19,20). The third-order valence-corrected chi connectivity index (χ3v) is 3.61. The molecule has 0 radical (unpaired) electrons. The van der Waals surface area contributed by atoms with Crippen LogP contribution in [0.25, 0.3) is 0 Å². The van der Waals surface area contributed by atoms with Crippen LogP contribution in [0.3, 0.4) is 0 Å². The summed E-state index contributed by atoms with van der Waals surface area (Å²) in [5, 5.41) is 12.8. The van der Waals surface area contributed by atoms with E-state index in [0.29, 0.717) is 20.7 Å². The lowest BCUT2D eigenvalue weighted by atomic mass is 10.1. The van der Waals surface area contributed by atoms with E-state index in [2.05, 4.69) is 21.2 Å². The number of carbonyl (C=O) groups is 1. The van der Waals surface area contributed by atoms with Crippen LogP contribution in [0.15, 0.2) is 46.9 Å². The maximum absolute atomic E-state index is 13.1. The number of anilines is 1. The summed E-state index contributed by atoms with van der Waals surface area (Å²) in [6.45, 7) is 0. The lowest BCUT2D eigenvalue weighted by Gasteiger charge is -2.17. The summed E-state index contributed by atoms with van der Waals surface area (Å²) in [5.41, 5.74) is 1.05. The van der Waals surface area contributed by atoms with Crippen molar-refractivity contribution < 1.29 is 14.3 Å². The van der Waals surface area contributed by atoms with Gasteiger partial charge in [0, 0.05) is 15.2 Å². The van der Waals surface area contributed by atoms with Crippen LogP contribution >= 0.6 is 27.5 Å². The molecule has 1 atom stereocenters. The van der Waals surface area contributed by atoms with Gasteiger partial charge in [-0.05, 0) is 42.0 Å². The topological polar surface area (TPSA) is 49.3 Å². The van der Waals surface area contributed by atoms with Crippen LogP contribution in [0, 0.1) is 5.82 Å². The molecule has 0 aliphatic rings. The second kappa shape index (κ2) is 6.24. The summed E-state index contributed by atoms with van der Waals surface area (Å²) in [7, 11) is 0. The Bertz CT molecular complexity index is 634. The summed E-state index contributed by atoms with van der Waals surface area (Å²) in [6, 6.07) is 9.55. The van der Waals surface area contributed by atoms with Crippen LogP contribution in [-0.2, 0) is 4.79 Å². The molecule has 2 aromatic carbocycles. The molecule has 104 valence electrons. The Morgan fingerprint density at radius 2 is 1.90 bits per heavy atom. The molecule has 0 aliphatic heterocycles. The molecule has 0 bridgehead atoms. The first-order valence-electron chi connectivity index (χ1n) is 5.67. The monoisotopic (exact) mass is 357 g/mol. The third-order valence-electron chi connectivity index (χ3n) is 2.68. The largest absolute Gasteiger partial charge is 0.479 e. The van der Waals surface area contributed by atoms with Gasteiger partial charge in [0.25, 0.3) is 0 Å². The molecular formula is C14H10BrClFNO2. The van der Waals surface area contributed by atoms with Crippen LogP contribution in [-0.4, -0.2) is 11.1 Å². The number of carboxylic acid groups (broad SMARTS) is 1. The molecule has 0 amide bonds. The Labute approximate surface area is 128 Å². The van der Waals surface area contributed by atoms with Gasteiger partial charge in [0.05, 0.1) is 0 Å². The Morgan fingerprint density at radius 1 is 1.25 bits per heavy atom. The molecule has 0 fully saturated rings. The smallest absolute Gasteiger partial charge is 0.330 e. The van der Waals surface area contributed by atoms with Gasteiger partial charge < -0.3 is 10.4 Å². The molecule has 0 saturated heterocycles. The molecule has 0 heterocycles. The van der Waals surface area contributed by atoms with Crippen LogP contribution < -0.4 is 5.32 Å². The first kappa shape index (κ1) is 14.8. The number of hydrogen-bond donors (Lipinski definition) is 2. The van der Waals surface area contributed by atoms with E-state index in [0.717, 1.165) is 0 Å². The summed E-state index contributed by atoms with van der Waals surface area (Å²) < 4.78 is 13.5. The first-order valence-corrected chi connectivity index (χ1v) is 6.84. The highest BCUT2D eigenvalue weighted by Crippen LogP contribution is 2.28. The van der Waals surface area contributed by atoms with Crippen molar-refractivity contribution in [1.29, 1.82) is 0 Å². The van der Waals surface area contributed by atoms with Crippen molar-refractivity contribution in [2.24, 2.45) is 0 Å². The predicted octanol–water partition coefficient (Wildman–Crippen LogP) is 4.48. The summed E-state index contributed by atoms with van der Waals surface area (Å²) in [4.78, 5) is 11.4. The molecule has 0 spiro atoms. The summed E-state index contributed by atoms with van der Waals surface area (Å²) in [6.07, 6.45) is 0. The lowest BCUT2D eigenvalue weighted by Crippen LogP contribution is -2.21. The fourth-order valence-electron chi connectivity index (χ4n) is 1.72. The number of benzene rings is 2. The van der Waals surface area contributed by atoms with Gasteiger partial charge in [-0.2, -0.15) is 0 Å². The zero-order valence-electron chi connectivity index (χ0n) is 10.1. The summed E-state index contributed by atoms with van der Waals surface area (Å²) >= 11 is 8.95. The minimum Gasteiger partial charge on any atom is -0.479 e. The van der Waals surface area contributed by atoms with Crippen molar-refractivity contribution >= 4 is 39.2 Å². The quantitative estimate of drug-likeness (QED) is 0.847. The molecular weight excluding hydrogens is 349 g/mol. The minimum absolute atomic E-state index is 0.395. The number of aliphatic carboxylic acids is 1. The number of halogens is 3. The van der Waals surface area contributed by atoms with Gasteiger partial charge in [0.15, 0.2) is 6.04 Å². The van der Waals surface area contributed by atoms with Crippen molar-refractivity contribution in [2.75, 3.05) is 5.32 Å². The van der Waals surface area contributed by atoms with Crippen molar-refractivity contribution in [2.45, 2.75) is 6.04 Å². The molecule has 20 heavy (non-hydrogen) atoms. The molecule has 3 nitrogen and oxygen atoms in total. The van der Waals surface area contributed by atoms with E-state index >= 15 is 0 Å². The van der Waals surface area contributed by atoms with E-state index in [1.54, 1.807) is 24.3 Å². The maximum Gasteiger partial charge on any atom is 0.330 e. The van der Waals surface area contributed by atoms with E-state index in [-0.39, 0.29) is 0 Å². The summed E-state index contributed by atoms with van der Waals surface area (Å²) in [5.74, 6) is -1.50. The van der Waals surface area contributed by atoms with Crippen molar-refractivity contribution in [3.8, 4) is 0 Å². The maximum atomic E-state index is 13.1. The lowest BCUT2D eigenvalue weighted by molar-refractivity contribution is -0.138. The molecule has 0 aliphatic carbocycles. The molecule has 2 rings (SSSR count). The average molecular weight is 359 g/mol. The molecule has 0 aromatic heterocycles. The van der Waals surface area contributed by atoms with Crippen molar-refractivity contribution in [3.05, 3.63) is 63.3 Å². The van der Waals surface area contributed by atoms with Crippen LogP contribution in [0.1, 0.15) is 11.6 Å². The fourth-order valence-corrected chi connectivity index (χ4v) is 2.43. The molecule has 2 N–H and O–H groups in total. The van der Waals surface area contributed by atoms with Gasteiger partial charge in [0.2, 0.25) is 0 Å². The highest BCUT2D eigenvalue weighted by Gasteiger charge is 2.22. The number of nitrogens with one attached hydrogen (secondary N) is 1. The van der Waals surface area contributed by atoms with Gasteiger partial charge in [-0.3, -0.25) is 0 Å². The van der Waals surface area contributed by atoms with Crippen LogP contribution in [0.5, 0.6) is 0 Å². The van der Waals surface area contributed by atoms with Crippen LogP contribution in [0.2, 0.25) is 5.02 Å². The van der Waals surface area contributed by atoms with Gasteiger partial charge >= 0.3 is 5.97 Å². The SMILES string of the molecule is O=C(O)C(Nc1ccc(Cl)cc1)c1ccc(F)cc1Br. The second-order valence-corrected chi connectivity index (χ2v) is 5.38. The highest BCUT2D eigenvalue weighted by molar-refractivity contribution is 9.10. The Morgan fingerprint density at radius 3 is 2.45 bits per heavy atom. The van der Waals surface area contributed by atoms with Crippen molar-refractivity contribution in [1.82, 2.24) is 0 Å². The predicted molar refractivity (Wildman–Crippen MR) is 79.6 cm³/mol. The van der Waals surface area contributed by atoms with E-state index in [1.807, 2.05) is 0 Å². The van der Waals surface area contributed by atoms with Crippen LogP contribution in [0.4, 0.5) is 10.1 Å². The van der Waals surface area contributed by atoms with E-state index in [4.69, 9.17) is 11.6 Å². The number of rotatable bonds is 4. The molecule has 6 heteroatoms. The Kier molecular flexibility index (Phi) is 4.62. The zero-order valence-corrected chi connectivity index (χ0v) is 12.5. The third kappa shape index (κ3) is 3.49. The van der Waals surface area contributed by atoms with Gasteiger partial charge in [-0.1, -0.05) is 33.6 Å².